The van der Waals surface area contributed by atoms with Crippen LogP contribution >= 0.6 is 0 Å². The third-order valence-corrected chi connectivity index (χ3v) is 13.8. The van der Waals surface area contributed by atoms with Crippen LogP contribution in [0.25, 0.3) is 0 Å². The van der Waals surface area contributed by atoms with Gasteiger partial charge < -0.3 is 44.5 Å². The highest BCUT2D eigenvalue weighted by molar-refractivity contribution is 5.18. The molecule has 5 N–H and O–H groups in total. The van der Waals surface area contributed by atoms with Gasteiger partial charge in [0.15, 0.2) is 12.1 Å². The Labute approximate surface area is 250 Å². The van der Waals surface area contributed by atoms with Crippen LogP contribution in [-0.2, 0) is 18.9 Å². The van der Waals surface area contributed by atoms with Gasteiger partial charge >= 0.3 is 0 Å². The molecule has 1 spiro atoms. The average Bonchev–Trinajstić information content (AvgIpc) is 3.36. The van der Waals surface area contributed by atoms with Crippen molar-refractivity contribution in [2.45, 2.75) is 134 Å². The highest BCUT2D eigenvalue weighted by Crippen LogP contribution is 2.71. The Balaban J connectivity index is 1.07. The highest BCUT2D eigenvalue weighted by atomic mass is 16.7. The zero-order valence-corrected chi connectivity index (χ0v) is 25.7. The zero-order chi connectivity index (χ0) is 29.8. The van der Waals surface area contributed by atoms with E-state index in [4.69, 9.17) is 18.9 Å². The fourth-order valence-electron chi connectivity index (χ4n) is 11.6. The molecule has 2 unspecified atom stereocenters. The predicted octanol–water partition coefficient (Wildman–Crippen LogP) is 2.40. The summed E-state index contributed by atoms with van der Waals surface area (Å²) < 4.78 is 25.0. The minimum atomic E-state index is -1.27. The summed E-state index contributed by atoms with van der Waals surface area (Å²) in [5.41, 5.74) is -0.0809. The van der Waals surface area contributed by atoms with E-state index < -0.39 is 48.7 Å². The van der Waals surface area contributed by atoms with Crippen LogP contribution in [0.15, 0.2) is 0 Å². The van der Waals surface area contributed by atoms with Gasteiger partial charge in [0.05, 0.1) is 31.0 Å². The number of fused-ring (bicyclic) bond motifs is 7. The SMILES string of the molecule is C[C@H]1CC[C@@]2(OC1)O[C@H]1[C@H](O)[C@@H]3[C@H]4CC[C@@H]5CC(OC6O[C@@H](CO)[CH-][C@@H](O)[C@@H]6O)[C@@H](O)C[C@@]5(C)[C@@H]4CC[C@@]3(C)[C@@H]1[C@@H]2C. The van der Waals surface area contributed by atoms with Crippen molar-refractivity contribution in [1.29, 1.82) is 0 Å². The van der Waals surface area contributed by atoms with E-state index in [-0.39, 0.29) is 41.3 Å². The van der Waals surface area contributed by atoms with Gasteiger partial charge in [-0.25, -0.2) is 0 Å². The smallest absolute Gasteiger partial charge is 0.181 e. The van der Waals surface area contributed by atoms with E-state index in [2.05, 4.69) is 27.7 Å². The number of aliphatic hydroxyl groups is 5. The molecule has 3 saturated heterocycles. The normalized spacial score (nSPS) is 60.9. The lowest BCUT2D eigenvalue weighted by atomic mass is 9.44. The van der Waals surface area contributed by atoms with E-state index in [1.54, 1.807) is 0 Å². The van der Waals surface area contributed by atoms with Gasteiger partial charge in [-0.05, 0) is 97.6 Å². The summed E-state index contributed by atoms with van der Waals surface area (Å²) in [4.78, 5) is 0. The number of hydrogen-bond donors (Lipinski definition) is 5. The molecule has 0 aromatic carbocycles. The standard InChI is InChI=1S/C33H53O9/c1-16-7-10-33(39-15-16)17(2)25-29(42-33)28(38)26-20-6-5-18-11-24(41-30-27(37)22(35)12-19(14-34)40-30)23(36)13-32(18,4)21(20)8-9-31(25,26)3/h12,16-30,34-38H,5-11,13-15H2,1-4H3/q-1/t16-,17-,18+,19+,20-,21+,22+,23-,24?,25+,26-,27-,28+,29+,30?,31-,32+,33+/m0/s1. The van der Waals surface area contributed by atoms with Crippen molar-refractivity contribution in [3.05, 3.63) is 6.42 Å². The van der Waals surface area contributed by atoms with Crippen LogP contribution in [0.1, 0.15) is 79.1 Å². The molecule has 3 aliphatic heterocycles. The van der Waals surface area contributed by atoms with Crippen molar-refractivity contribution in [3.63, 3.8) is 0 Å². The van der Waals surface area contributed by atoms with Crippen molar-refractivity contribution in [2.75, 3.05) is 13.2 Å². The molecule has 0 aromatic rings. The quantitative estimate of drug-likeness (QED) is 0.247. The van der Waals surface area contributed by atoms with E-state index >= 15 is 0 Å². The van der Waals surface area contributed by atoms with Gasteiger partial charge in [-0.1, -0.05) is 27.7 Å². The summed E-state index contributed by atoms with van der Waals surface area (Å²) >= 11 is 0. The predicted molar refractivity (Wildman–Crippen MR) is 151 cm³/mol. The van der Waals surface area contributed by atoms with Crippen molar-refractivity contribution >= 4 is 0 Å². The molecule has 240 valence electrons. The summed E-state index contributed by atoms with van der Waals surface area (Å²) in [6, 6.07) is 0. The summed E-state index contributed by atoms with van der Waals surface area (Å²) in [5.74, 6) is 1.83. The second-order valence-corrected chi connectivity index (χ2v) is 15.9. The van der Waals surface area contributed by atoms with Crippen LogP contribution in [0.3, 0.4) is 0 Å². The summed E-state index contributed by atoms with van der Waals surface area (Å²) in [6.07, 6.45) is 2.63. The van der Waals surface area contributed by atoms with Crippen LogP contribution < -0.4 is 0 Å². The molecular formula is C33H53O9-. The molecule has 7 fully saturated rings. The Bertz CT molecular complexity index is 1000. The van der Waals surface area contributed by atoms with Crippen LogP contribution in [0.4, 0.5) is 0 Å². The van der Waals surface area contributed by atoms with Crippen molar-refractivity contribution in [1.82, 2.24) is 0 Å². The van der Waals surface area contributed by atoms with Crippen LogP contribution in [0, 0.1) is 58.7 Å². The number of rotatable bonds is 3. The van der Waals surface area contributed by atoms with Gasteiger partial charge in [0, 0.05) is 24.9 Å². The molecule has 0 bridgehead atoms. The second kappa shape index (κ2) is 10.6. The van der Waals surface area contributed by atoms with Gasteiger partial charge in [0.25, 0.3) is 0 Å². The third-order valence-electron chi connectivity index (χ3n) is 13.8. The van der Waals surface area contributed by atoms with E-state index in [9.17, 15) is 25.5 Å². The minimum absolute atomic E-state index is 0.00171. The fraction of sp³-hybridized carbons (Fsp3) is 0.970. The minimum Gasteiger partial charge on any atom is -0.422 e. The van der Waals surface area contributed by atoms with Crippen LogP contribution in [0.2, 0.25) is 0 Å². The molecule has 4 saturated carbocycles. The Hall–Kier alpha value is -0.360. The van der Waals surface area contributed by atoms with Gasteiger partial charge in [-0.3, -0.25) is 6.42 Å². The molecule has 0 amide bonds. The number of hydrogen-bond acceptors (Lipinski definition) is 9. The maximum absolute atomic E-state index is 12.0. The number of aliphatic hydroxyl groups excluding tert-OH is 5. The molecule has 0 aromatic heterocycles. The Morgan fingerprint density at radius 3 is 2.43 bits per heavy atom. The highest BCUT2D eigenvalue weighted by Gasteiger charge is 2.72. The van der Waals surface area contributed by atoms with Crippen molar-refractivity contribution in [3.8, 4) is 0 Å². The zero-order valence-electron chi connectivity index (χ0n) is 25.7. The van der Waals surface area contributed by atoms with Gasteiger partial charge in [0.1, 0.15) is 6.10 Å². The molecule has 0 radical (unpaired) electrons. The molecule has 7 aliphatic rings. The molecular weight excluding hydrogens is 540 g/mol. The average molecular weight is 594 g/mol. The summed E-state index contributed by atoms with van der Waals surface area (Å²) in [5, 5.41) is 53.6. The molecule has 7 rings (SSSR count). The van der Waals surface area contributed by atoms with Gasteiger partial charge in [-0.15, -0.1) is 0 Å². The van der Waals surface area contributed by atoms with Gasteiger partial charge in [0.2, 0.25) is 0 Å². The maximum atomic E-state index is 12.0. The molecule has 42 heavy (non-hydrogen) atoms. The second-order valence-electron chi connectivity index (χ2n) is 15.9. The largest absolute Gasteiger partial charge is 0.422 e. The molecule has 18 atom stereocenters. The third kappa shape index (κ3) is 4.35. The molecule has 4 aliphatic carbocycles. The Morgan fingerprint density at radius 1 is 0.929 bits per heavy atom. The Morgan fingerprint density at radius 2 is 1.71 bits per heavy atom. The summed E-state index contributed by atoms with van der Waals surface area (Å²) in [7, 11) is 0. The monoisotopic (exact) mass is 593 g/mol. The first-order valence-electron chi connectivity index (χ1n) is 16.7. The maximum Gasteiger partial charge on any atom is 0.181 e. The lowest BCUT2D eigenvalue weighted by Crippen LogP contribution is -2.60. The lowest BCUT2D eigenvalue weighted by Gasteiger charge is -2.62. The molecule has 3 heterocycles. The van der Waals surface area contributed by atoms with Gasteiger partial charge in [-0.2, -0.15) is 0 Å². The number of ether oxygens (including phenoxy) is 4. The summed E-state index contributed by atoms with van der Waals surface area (Å²) in [6.45, 7) is 9.71. The van der Waals surface area contributed by atoms with E-state index in [1.807, 2.05) is 0 Å². The van der Waals surface area contributed by atoms with Crippen molar-refractivity contribution in [2.24, 2.45) is 52.3 Å². The van der Waals surface area contributed by atoms with E-state index in [0.29, 0.717) is 36.5 Å². The first-order chi connectivity index (χ1) is 19.9. The first kappa shape index (κ1) is 30.3. The van der Waals surface area contributed by atoms with Crippen molar-refractivity contribution < 1.29 is 44.5 Å². The van der Waals surface area contributed by atoms with Crippen LogP contribution in [-0.4, -0.2) is 93.6 Å². The fourth-order valence-corrected chi connectivity index (χ4v) is 11.6. The topological polar surface area (TPSA) is 138 Å². The Kier molecular flexibility index (Phi) is 7.64. The van der Waals surface area contributed by atoms with Crippen LogP contribution in [0.5, 0.6) is 0 Å². The lowest BCUT2D eigenvalue weighted by molar-refractivity contribution is -0.292. The van der Waals surface area contributed by atoms with E-state index in [0.717, 1.165) is 45.1 Å². The molecule has 9 heteroatoms. The first-order valence-corrected chi connectivity index (χ1v) is 16.7. The molecule has 9 nitrogen and oxygen atoms in total. The van der Waals surface area contributed by atoms with E-state index in [1.165, 1.54) is 6.42 Å².